The van der Waals surface area contributed by atoms with Crippen LogP contribution in [0.3, 0.4) is 0 Å². The van der Waals surface area contributed by atoms with Gasteiger partial charge < -0.3 is 24.7 Å². The Morgan fingerprint density at radius 3 is 2.61 bits per heavy atom. The maximum atomic E-state index is 13.0. The quantitative estimate of drug-likeness (QED) is 0.484. The van der Waals surface area contributed by atoms with Crippen molar-refractivity contribution in [2.75, 3.05) is 12.1 Å². The molecule has 0 atom stereocenters. The molecule has 0 aliphatic carbocycles. The number of carbonyl (C=O) groups is 1. The molecule has 156 valence electrons. The van der Waals surface area contributed by atoms with E-state index in [9.17, 15) is 9.59 Å². The minimum atomic E-state index is -0.273. The predicted octanol–water partition coefficient (Wildman–Crippen LogP) is 4.55. The van der Waals surface area contributed by atoms with Gasteiger partial charge in [0.15, 0.2) is 11.5 Å². The van der Waals surface area contributed by atoms with E-state index in [0.29, 0.717) is 34.8 Å². The summed E-state index contributed by atoms with van der Waals surface area (Å²) in [5.74, 6) is 1.25. The van der Waals surface area contributed by atoms with Gasteiger partial charge in [0.2, 0.25) is 6.79 Å². The highest BCUT2D eigenvalue weighted by Gasteiger charge is 2.19. The topological polar surface area (TPSA) is 83.7 Å². The van der Waals surface area contributed by atoms with E-state index in [0.717, 1.165) is 10.3 Å². The molecule has 0 fully saturated rings. The number of fused-ring (bicyclic) bond motifs is 2. The maximum absolute atomic E-state index is 13.0. The van der Waals surface area contributed by atoms with Gasteiger partial charge in [0, 0.05) is 27.6 Å². The lowest BCUT2D eigenvalue weighted by Gasteiger charge is -2.22. The summed E-state index contributed by atoms with van der Waals surface area (Å²) < 4.78 is 10.8. The smallest absolute Gasteiger partial charge is 0.322 e. The summed E-state index contributed by atoms with van der Waals surface area (Å²) in [4.78, 5) is 31.4. The van der Waals surface area contributed by atoms with Gasteiger partial charge in [0.1, 0.15) is 0 Å². The Morgan fingerprint density at radius 1 is 1.03 bits per heavy atom. The average Bonchev–Trinajstić information content (AvgIpc) is 3.44. The fourth-order valence-electron chi connectivity index (χ4n) is 3.48. The van der Waals surface area contributed by atoms with Crippen molar-refractivity contribution in [2.24, 2.45) is 0 Å². The highest BCUT2D eigenvalue weighted by Crippen LogP contribution is 2.35. The molecule has 8 heteroatoms. The maximum Gasteiger partial charge on any atom is 0.322 e. The van der Waals surface area contributed by atoms with Crippen molar-refractivity contribution < 1.29 is 14.3 Å². The molecule has 0 saturated heterocycles. The van der Waals surface area contributed by atoms with Crippen molar-refractivity contribution in [3.8, 4) is 11.5 Å². The number of hydrogen-bond donors (Lipinski definition) is 2. The molecule has 2 N–H and O–H groups in total. The van der Waals surface area contributed by atoms with Crippen LogP contribution in [0.4, 0.5) is 10.5 Å². The Hall–Kier alpha value is -3.78. The number of aromatic nitrogens is 1. The molecular weight excluding hydrogens is 414 g/mol. The number of H-pyrrole nitrogens is 1. The van der Waals surface area contributed by atoms with Crippen molar-refractivity contribution in [1.29, 1.82) is 0 Å². The van der Waals surface area contributed by atoms with Crippen LogP contribution < -0.4 is 20.3 Å². The first-order valence-electron chi connectivity index (χ1n) is 9.74. The Balaban J connectivity index is 1.45. The van der Waals surface area contributed by atoms with Gasteiger partial charge in [-0.15, -0.1) is 11.3 Å². The summed E-state index contributed by atoms with van der Waals surface area (Å²) in [5.41, 5.74) is 1.61. The molecule has 1 aliphatic heterocycles. The van der Waals surface area contributed by atoms with Crippen LogP contribution in [0, 0.1) is 0 Å². The number of benzene rings is 2. The molecule has 3 heterocycles. The number of rotatable bonds is 5. The highest BCUT2D eigenvalue weighted by molar-refractivity contribution is 7.09. The van der Waals surface area contributed by atoms with E-state index in [1.807, 2.05) is 53.9 Å². The number of pyridine rings is 1. The molecule has 0 bridgehead atoms. The van der Waals surface area contributed by atoms with Crippen molar-refractivity contribution in [1.82, 2.24) is 9.88 Å². The number of hydrogen-bond acceptors (Lipinski definition) is 5. The highest BCUT2D eigenvalue weighted by atomic mass is 32.1. The Labute approximate surface area is 181 Å². The van der Waals surface area contributed by atoms with Gasteiger partial charge in [-0.1, -0.05) is 24.3 Å². The second kappa shape index (κ2) is 8.16. The number of nitrogens with zero attached hydrogens (tertiary/aromatic N) is 1. The first-order valence-corrected chi connectivity index (χ1v) is 10.6. The molecular formula is C23H19N3O4S. The van der Waals surface area contributed by atoms with Crippen LogP contribution in [-0.2, 0) is 13.1 Å². The number of thiophene rings is 1. The number of carbonyl (C=O) groups excluding carboxylic acids is 1. The van der Waals surface area contributed by atoms with Crippen LogP contribution in [-0.4, -0.2) is 22.7 Å². The van der Waals surface area contributed by atoms with Gasteiger partial charge in [-0.3, -0.25) is 4.79 Å². The molecule has 2 aromatic carbocycles. The molecule has 0 unspecified atom stereocenters. The number of urea groups is 1. The second-order valence-electron chi connectivity index (χ2n) is 7.15. The summed E-state index contributed by atoms with van der Waals surface area (Å²) in [5, 5.41) is 5.69. The SMILES string of the molecule is O=C(Nc1ccccc1)N(Cc1cccs1)Cc1cc2cc3c(cc2[nH]c1=O)OCO3. The van der Waals surface area contributed by atoms with Crippen molar-refractivity contribution in [3.05, 3.63) is 86.8 Å². The largest absolute Gasteiger partial charge is 0.454 e. The molecule has 0 spiro atoms. The number of nitrogens with one attached hydrogen (secondary N) is 2. The van der Waals surface area contributed by atoms with Gasteiger partial charge in [-0.25, -0.2) is 4.79 Å². The molecule has 31 heavy (non-hydrogen) atoms. The molecule has 5 rings (SSSR count). The Kier molecular flexibility index (Phi) is 5.05. The third-order valence-corrected chi connectivity index (χ3v) is 5.88. The predicted molar refractivity (Wildman–Crippen MR) is 120 cm³/mol. The van der Waals surface area contributed by atoms with Gasteiger partial charge in [-0.05, 0) is 35.7 Å². The van der Waals surface area contributed by atoms with Gasteiger partial charge in [0.25, 0.3) is 5.56 Å². The summed E-state index contributed by atoms with van der Waals surface area (Å²) in [6.07, 6.45) is 0. The molecule has 1 aliphatic rings. The number of aromatic amines is 1. The number of anilines is 1. The number of amides is 2. The lowest BCUT2D eigenvalue weighted by atomic mass is 10.1. The van der Waals surface area contributed by atoms with Gasteiger partial charge in [0.05, 0.1) is 18.6 Å². The summed E-state index contributed by atoms with van der Waals surface area (Å²) in [6.45, 7) is 0.724. The summed E-state index contributed by atoms with van der Waals surface area (Å²) >= 11 is 1.57. The van der Waals surface area contributed by atoms with Crippen LogP contribution in [0.1, 0.15) is 10.4 Å². The average molecular weight is 433 g/mol. The van der Waals surface area contributed by atoms with E-state index in [1.165, 1.54) is 0 Å². The third-order valence-electron chi connectivity index (χ3n) is 5.01. The number of ether oxygens (including phenoxy) is 2. The van der Waals surface area contributed by atoms with E-state index in [1.54, 1.807) is 28.4 Å². The fraction of sp³-hybridized carbons (Fsp3) is 0.130. The van der Waals surface area contributed by atoms with Crippen molar-refractivity contribution >= 4 is 34.0 Å². The van der Waals surface area contributed by atoms with E-state index < -0.39 is 0 Å². The normalized spacial score (nSPS) is 12.1. The zero-order chi connectivity index (χ0) is 21.2. The minimum absolute atomic E-state index is 0.163. The Bertz CT molecular complexity index is 1290. The molecule has 0 radical (unpaired) electrons. The first kappa shape index (κ1) is 19.2. The van der Waals surface area contributed by atoms with Gasteiger partial charge >= 0.3 is 6.03 Å². The standard InChI is InChI=1S/C23H19N3O4S/c27-22-16(9-15-10-20-21(30-14-29-20)11-19(15)25-22)12-26(13-18-7-4-8-31-18)23(28)24-17-5-2-1-3-6-17/h1-11H,12-14H2,(H,24,28)(H,25,27). The first-order chi connectivity index (χ1) is 15.2. The zero-order valence-corrected chi connectivity index (χ0v) is 17.3. The summed E-state index contributed by atoms with van der Waals surface area (Å²) in [6, 6.07) is 18.3. The van der Waals surface area contributed by atoms with Crippen LogP contribution in [0.5, 0.6) is 11.5 Å². The van der Waals surface area contributed by atoms with E-state index in [2.05, 4.69) is 10.3 Å². The van der Waals surface area contributed by atoms with Crippen LogP contribution in [0.25, 0.3) is 10.9 Å². The van der Waals surface area contributed by atoms with E-state index in [-0.39, 0.29) is 24.9 Å². The summed E-state index contributed by atoms with van der Waals surface area (Å²) in [7, 11) is 0. The molecule has 4 aromatic rings. The van der Waals surface area contributed by atoms with Crippen LogP contribution in [0.2, 0.25) is 0 Å². The lowest BCUT2D eigenvalue weighted by molar-refractivity contribution is 0.174. The molecule has 2 aromatic heterocycles. The minimum Gasteiger partial charge on any atom is -0.454 e. The van der Waals surface area contributed by atoms with Crippen molar-refractivity contribution in [3.63, 3.8) is 0 Å². The van der Waals surface area contributed by atoms with Crippen molar-refractivity contribution in [2.45, 2.75) is 13.1 Å². The zero-order valence-electron chi connectivity index (χ0n) is 16.5. The number of para-hydroxylation sites is 1. The molecule has 7 nitrogen and oxygen atoms in total. The van der Waals surface area contributed by atoms with E-state index >= 15 is 0 Å². The monoisotopic (exact) mass is 433 g/mol. The lowest BCUT2D eigenvalue weighted by Crippen LogP contribution is -2.35. The van der Waals surface area contributed by atoms with E-state index in [4.69, 9.17) is 9.47 Å². The molecule has 0 saturated carbocycles. The van der Waals surface area contributed by atoms with Crippen LogP contribution >= 0.6 is 11.3 Å². The molecule has 2 amide bonds. The fourth-order valence-corrected chi connectivity index (χ4v) is 4.20. The van der Waals surface area contributed by atoms with Gasteiger partial charge in [-0.2, -0.15) is 0 Å². The third kappa shape index (κ3) is 4.10. The van der Waals surface area contributed by atoms with Crippen LogP contribution in [0.15, 0.2) is 70.8 Å². The Morgan fingerprint density at radius 2 is 1.84 bits per heavy atom. The second-order valence-corrected chi connectivity index (χ2v) is 8.18.